The van der Waals surface area contributed by atoms with E-state index in [1.165, 1.54) is 28.3 Å². The Bertz CT molecular complexity index is 964. The largest absolute Gasteiger partial charge is 0.488 e. The molecular formula is C25H27NO3. The monoisotopic (exact) mass is 389 g/mol. The number of benzene rings is 2. The van der Waals surface area contributed by atoms with Gasteiger partial charge in [0.25, 0.3) is 0 Å². The Hall–Kier alpha value is -2.85. The number of ether oxygens (including phenoxy) is 2. The summed E-state index contributed by atoms with van der Waals surface area (Å²) in [6.45, 7) is 4.83. The summed E-state index contributed by atoms with van der Waals surface area (Å²) >= 11 is 0. The van der Waals surface area contributed by atoms with Gasteiger partial charge in [-0.2, -0.15) is 0 Å². The number of carbonyl (C=O) groups is 1. The van der Waals surface area contributed by atoms with Crippen LogP contribution in [0, 0.1) is 0 Å². The molecule has 2 aromatic carbocycles. The fourth-order valence-electron chi connectivity index (χ4n) is 4.10. The number of likely N-dealkylation sites (tertiary alicyclic amines) is 1. The number of nitrogens with zero attached hydrogens (tertiary/aromatic N) is 1. The number of para-hydroxylation sites is 1. The standard InChI is InChI=1S/C25H27NO3/c1-3-28-23(27)12-11-19-8-6-10-22-24(18-13-15-26(2)16-14-18)21-9-5-4-7-20(21)17-29-25(19)22/h4-12H,3,13-17H2,1-2H3/b12-11+. The molecule has 0 aliphatic carbocycles. The number of hydrogen-bond donors (Lipinski definition) is 0. The van der Waals surface area contributed by atoms with Gasteiger partial charge in [-0.3, -0.25) is 0 Å². The average molecular weight is 389 g/mol. The Morgan fingerprint density at radius 2 is 1.86 bits per heavy atom. The molecule has 0 radical (unpaired) electrons. The van der Waals surface area contributed by atoms with Crippen LogP contribution < -0.4 is 4.74 Å². The molecule has 0 atom stereocenters. The Labute approximate surface area is 172 Å². The summed E-state index contributed by atoms with van der Waals surface area (Å²) in [5.74, 6) is 0.501. The van der Waals surface area contributed by atoms with Crippen LogP contribution in [0.5, 0.6) is 5.75 Å². The first-order valence-corrected chi connectivity index (χ1v) is 10.3. The van der Waals surface area contributed by atoms with Crippen molar-refractivity contribution in [2.75, 3.05) is 26.7 Å². The van der Waals surface area contributed by atoms with Crippen LogP contribution >= 0.6 is 0 Å². The molecule has 0 spiro atoms. The average Bonchev–Trinajstić information content (AvgIpc) is 2.90. The highest BCUT2D eigenvalue weighted by molar-refractivity contribution is 5.91. The van der Waals surface area contributed by atoms with Gasteiger partial charge in [0.15, 0.2) is 0 Å². The van der Waals surface area contributed by atoms with Crippen molar-refractivity contribution in [2.45, 2.75) is 26.4 Å². The molecule has 4 heteroatoms. The topological polar surface area (TPSA) is 38.8 Å². The Morgan fingerprint density at radius 3 is 2.66 bits per heavy atom. The van der Waals surface area contributed by atoms with Crippen molar-refractivity contribution in [3.05, 3.63) is 76.4 Å². The summed E-state index contributed by atoms with van der Waals surface area (Å²) in [7, 11) is 2.18. The van der Waals surface area contributed by atoms with E-state index in [9.17, 15) is 4.79 Å². The predicted molar refractivity (Wildman–Crippen MR) is 116 cm³/mol. The lowest BCUT2D eigenvalue weighted by Crippen LogP contribution is -2.27. The van der Waals surface area contributed by atoms with Gasteiger partial charge in [-0.1, -0.05) is 48.0 Å². The molecule has 0 unspecified atom stereocenters. The smallest absolute Gasteiger partial charge is 0.330 e. The highest BCUT2D eigenvalue weighted by Crippen LogP contribution is 2.42. The number of carbonyl (C=O) groups excluding carboxylic acids is 1. The summed E-state index contributed by atoms with van der Waals surface area (Å²) < 4.78 is 11.3. The van der Waals surface area contributed by atoms with Crippen LogP contribution in [0.4, 0.5) is 0 Å². The number of piperidine rings is 1. The first-order chi connectivity index (χ1) is 14.2. The molecule has 4 rings (SSSR count). The molecule has 1 saturated heterocycles. The molecule has 2 aliphatic heterocycles. The van der Waals surface area contributed by atoms with Crippen molar-refractivity contribution < 1.29 is 14.3 Å². The van der Waals surface area contributed by atoms with E-state index in [1.807, 2.05) is 12.1 Å². The number of fused-ring (bicyclic) bond motifs is 2. The maximum atomic E-state index is 11.8. The van der Waals surface area contributed by atoms with Gasteiger partial charge in [0.1, 0.15) is 12.4 Å². The van der Waals surface area contributed by atoms with Gasteiger partial charge < -0.3 is 14.4 Å². The van der Waals surface area contributed by atoms with E-state index in [0.717, 1.165) is 42.8 Å². The highest BCUT2D eigenvalue weighted by Gasteiger charge is 2.25. The fraction of sp³-hybridized carbons (Fsp3) is 0.320. The minimum atomic E-state index is -0.337. The molecular weight excluding hydrogens is 362 g/mol. The lowest BCUT2D eigenvalue weighted by Gasteiger charge is -2.27. The predicted octanol–water partition coefficient (Wildman–Crippen LogP) is 4.68. The number of rotatable bonds is 3. The van der Waals surface area contributed by atoms with E-state index in [2.05, 4.69) is 42.3 Å². The van der Waals surface area contributed by atoms with Crippen LogP contribution in [0.15, 0.2) is 54.1 Å². The fourth-order valence-corrected chi connectivity index (χ4v) is 4.10. The van der Waals surface area contributed by atoms with Crippen molar-refractivity contribution in [1.82, 2.24) is 4.90 Å². The molecule has 0 N–H and O–H groups in total. The molecule has 0 amide bonds. The van der Waals surface area contributed by atoms with E-state index in [1.54, 1.807) is 13.0 Å². The SMILES string of the molecule is CCOC(=O)/C=C/c1cccc2c1OCc1ccccc1C2=C1CCN(C)CC1. The van der Waals surface area contributed by atoms with Gasteiger partial charge in [-0.25, -0.2) is 4.79 Å². The molecule has 4 nitrogen and oxygen atoms in total. The van der Waals surface area contributed by atoms with Gasteiger partial charge in [0.2, 0.25) is 0 Å². The lowest BCUT2D eigenvalue weighted by atomic mass is 9.86. The lowest BCUT2D eigenvalue weighted by molar-refractivity contribution is -0.137. The summed E-state index contributed by atoms with van der Waals surface area (Å²) in [5.41, 5.74) is 7.25. The molecule has 0 bridgehead atoms. The van der Waals surface area contributed by atoms with Gasteiger partial charge in [0, 0.05) is 30.3 Å². The van der Waals surface area contributed by atoms with E-state index in [0.29, 0.717) is 13.2 Å². The minimum absolute atomic E-state index is 0.337. The molecule has 2 aromatic rings. The van der Waals surface area contributed by atoms with Crippen LogP contribution in [-0.4, -0.2) is 37.6 Å². The van der Waals surface area contributed by atoms with Crippen molar-refractivity contribution in [1.29, 1.82) is 0 Å². The second-order valence-electron chi connectivity index (χ2n) is 7.54. The van der Waals surface area contributed by atoms with Crippen LogP contribution in [0.2, 0.25) is 0 Å². The zero-order valence-electron chi connectivity index (χ0n) is 17.1. The van der Waals surface area contributed by atoms with Crippen molar-refractivity contribution in [2.24, 2.45) is 0 Å². The van der Waals surface area contributed by atoms with E-state index in [-0.39, 0.29) is 5.97 Å². The van der Waals surface area contributed by atoms with Crippen molar-refractivity contribution in [3.8, 4) is 5.75 Å². The Morgan fingerprint density at radius 1 is 1.10 bits per heavy atom. The van der Waals surface area contributed by atoms with Crippen LogP contribution in [0.3, 0.4) is 0 Å². The van der Waals surface area contributed by atoms with Crippen molar-refractivity contribution >= 4 is 17.6 Å². The van der Waals surface area contributed by atoms with Gasteiger partial charge in [0.05, 0.1) is 6.61 Å². The second-order valence-corrected chi connectivity index (χ2v) is 7.54. The van der Waals surface area contributed by atoms with Gasteiger partial charge in [-0.15, -0.1) is 0 Å². The molecule has 150 valence electrons. The van der Waals surface area contributed by atoms with E-state index < -0.39 is 0 Å². The quantitative estimate of drug-likeness (QED) is 0.564. The maximum Gasteiger partial charge on any atom is 0.330 e. The highest BCUT2D eigenvalue weighted by atomic mass is 16.5. The molecule has 2 aliphatic rings. The third-order valence-electron chi connectivity index (χ3n) is 5.60. The first-order valence-electron chi connectivity index (χ1n) is 10.3. The molecule has 29 heavy (non-hydrogen) atoms. The molecule has 0 aromatic heterocycles. The van der Waals surface area contributed by atoms with Gasteiger partial charge >= 0.3 is 5.97 Å². The normalized spacial score (nSPS) is 16.8. The zero-order valence-corrected chi connectivity index (χ0v) is 17.1. The number of hydrogen-bond acceptors (Lipinski definition) is 4. The van der Waals surface area contributed by atoms with Gasteiger partial charge in [-0.05, 0) is 49.6 Å². The third-order valence-corrected chi connectivity index (χ3v) is 5.60. The van der Waals surface area contributed by atoms with Crippen molar-refractivity contribution in [3.63, 3.8) is 0 Å². The second kappa shape index (κ2) is 8.66. The van der Waals surface area contributed by atoms with E-state index >= 15 is 0 Å². The summed E-state index contributed by atoms with van der Waals surface area (Å²) in [6.07, 6.45) is 5.39. The van der Waals surface area contributed by atoms with Crippen LogP contribution in [0.25, 0.3) is 11.6 Å². The molecule has 2 heterocycles. The Balaban J connectivity index is 1.84. The summed E-state index contributed by atoms with van der Waals surface area (Å²) in [4.78, 5) is 14.2. The molecule has 0 saturated carbocycles. The van der Waals surface area contributed by atoms with E-state index in [4.69, 9.17) is 9.47 Å². The minimum Gasteiger partial charge on any atom is -0.488 e. The number of esters is 1. The van der Waals surface area contributed by atoms with Crippen LogP contribution in [0.1, 0.15) is 42.0 Å². The third kappa shape index (κ3) is 4.13. The molecule has 1 fully saturated rings. The first kappa shape index (κ1) is 19.5. The maximum absolute atomic E-state index is 11.8. The summed E-state index contributed by atoms with van der Waals surface area (Å²) in [6, 6.07) is 14.7. The zero-order chi connectivity index (χ0) is 20.2. The van der Waals surface area contributed by atoms with Crippen LogP contribution in [-0.2, 0) is 16.1 Å². The summed E-state index contributed by atoms with van der Waals surface area (Å²) in [5, 5.41) is 0. The Kier molecular flexibility index (Phi) is 5.81.